The second-order valence-electron chi connectivity index (χ2n) is 11.4. The minimum Gasteiger partial charge on any atom is -0.273 e. The van der Waals surface area contributed by atoms with Crippen LogP contribution in [0.4, 0.5) is 0 Å². The number of carbonyl (C=O) groups excluding carboxylic acids is 3. The molecule has 3 amide bonds. The Kier molecular flexibility index (Phi) is 14.3. The van der Waals surface area contributed by atoms with E-state index in [0.29, 0.717) is 19.4 Å². The zero-order chi connectivity index (χ0) is 31.7. The van der Waals surface area contributed by atoms with Crippen LogP contribution in [-0.4, -0.2) is 44.0 Å². The molecule has 0 aliphatic heterocycles. The number of carbonyl (C=O) groups is 3. The van der Waals surface area contributed by atoms with E-state index in [1.807, 2.05) is 86.7 Å². The Hall–Kier alpha value is -4.31. The molecule has 236 valence electrons. The molecule has 0 radical (unpaired) electrons. The smallest absolute Gasteiger partial charge is 0.262 e. The molecule has 10 nitrogen and oxygen atoms in total. The van der Waals surface area contributed by atoms with Crippen molar-refractivity contribution in [1.82, 2.24) is 30.7 Å². The number of benzene rings is 2. The minimum atomic E-state index is -0.742. The van der Waals surface area contributed by atoms with E-state index in [2.05, 4.69) is 34.8 Å². The van der Waals surface area contributed by atoms with Crippen LogP contribution < -0.4 is 10.9 Å². The van der Waals surface area contributed by atoms with E-state index in [9.17, 15) is 14.4 Å². The lowest BCUT2D eigenvalue weighted by molar-refractivity contribution is -0.150. The lowest BCUT2D eigenvalue weighted by Crippen LogP contribution is -2.53. The highest BCUT2D eigenvalue weighted by molar-refractivity contribution is 5.89. The molecular weight excluding hydrogens is 556 g/mol. The van der Waals surface area contributed by atoms with Crippen molar-refractivity contribution in [1.29, 1.82) is 0 Å². The number of rotatable bonds is 17. The van der Waals surface area contributed by atoms with Crippen molar-refractivity contribution in [2.24, 2.45) is 23.7 Å². The van der Waals surface area contributed by atoms with Crippen molar-refractivity contribution >= 4 is 23.8 Å². The fraction of sp³-hybridized carbons (Fsp3) is 0.441. The first-order chi connectivity index (χ1) is 21.3. The van der Waals surface area contributed by atoms with Gasteiger partial charge in [-0.15, -0.1) is 0 Å². The van der Waals surface area contributed by atoms with E-state index in [1.165, 1.54) is 22.3 Å². The Morgan fingerprint density at radius 3 is 2.25 bits per heavy atom. The number of nitrogens with zero attached hydrogens (tertiary/aromatic N) is 4. The largest absolute Gasteiger partial charge is 0.273 e. The molecule has 1 aromatic heterocycles. The number of hydrazine groups is 1. The van der Waals surface area contributed by atoms with Crippen molar-refractivity contribution in [3.8, 4) is 0 Å². The van der Waals surface area contributed by atoms with Crippen LogP contribution in [0, 0.1) is 23.7 Å². The summed E-state index contributed by atoms with van der Waals surface area (Å²) in [6.45, 7) is 8.63. The summed E-state index contributed by atoms with van der Waals surface area (Å²) in [5.41, 5.74) is 7.39. The normalized spacial score (nSPS) is 12.8. The van der Waals surface area contributed by atoms with Crippen molar-refractivity contribution in [3.05, 3.63) is 90.5 Å². The highest BCUT2D eigenvalue weighted by atomic mass is 16.6. The fourth-order valence-corrected chi connectivity index (χ4v) is 4.94. The summed E-state index contributed by atoms with van der Waals surface area (Å²) in [7, 11) is 0. The predicted molar refractivity (Wildman–Crippen MR) is 170 cm³/mol. The third-order valence-corrected chi connectivity index (χ3v) is 7.54. The molecule has 0 spiro atoms. The Morgan fingerprint density at radius 2 is 1.64 bits per heavy atom. The first-order valence-electron chi connectivity index (χ1n) is 15.4. The highest BCUT2D eigenvalue weighted by Gasteiger charge is 2.35. The molecule has 0 fully saturated rings. The molecule has 0 unspecified atom stereocenters. The first-order valence-corrected chi connectivity index (χ1v) is 15.4. The van der Waals surface area contributed by atoms with Crippen molar-refractivity contribution < 1.29 is 19.2 Å². The molecule has 0 saturated heterocycles. The number of nitrogens with one attached hydrogen (secondary N) is 2. The molecule has 0 aliphatic carbocycles. The van der Waals surface area contributed by atoms with Gasteiger partial charge >= 0.3 is 0 Å². The quantitative estimate of drug-likeness (QED) is 0.205. The van der Waals surface area contributed by atoms with Crippen molar-refractivity contribution in [2.45, 2.75) is 66.5 Å². The number of amides is 3. The molecule has 10 heteroatoms. The van der Waals surface area contributed by atoms with Crippen LogP contribution in [0.2, 0.25) is 0 Å². The van der Waals surface area contributed by atoms with Gasteiger partial charge in [-0.1, -0.05) is 113 Å². The molecule has 0 saturated carbocycles. The number of hydroxylamine groups is 1. The van der Waals surface area contributed by atoms with Crippen molar-refractivity contribution in [2.75, 3.05) is 6.54 Å². The Balaban J connectivity index is 1.84. The monoisotopic (exact) mass is 602 g/mol. The zero-order valence-corrected chi connectivity index (χ0v) is 26.3. The lowest BCUT2D eigenvalue weighted by Gasteiger charge is -2.31. The standard InChI is InChI=1S/C34H46N6O4/c1-5-27(6-2)21-40(32(41)22-39-25-35-24-36-39)37-33(42)31(20-26(3)4)30(19-13-18-28-14-9-7-10-15-28)34(43)38-44-23-29-16-11-8-12-17-29/h7-18,24-27,30-31H,5-6,19-23H2,1-4H3,(H,37,42)(H,38,43)/b18-13+/t30-,31+/m0/s1. The Bertz CT molecular complexity index is 1290. The average molecular weight is 603 g/mol. The maximum atomic E-state index is 14.0. The summed E-state index contributed by atoms with van der Waals surface area (Å²) in [5.74, 6) is -2.24. The number of hydrogen-bond acceptors (Lipinski definition) is 6. The van der Waals surface area contributed by atoms with Crippen LogP contribution >= 0.6 is 0 Å². The SMILES string of the molecule is CCC(CC)CN(NC(=O)[C@H](CC(C)C)[C@H](C/C=C/c1ccccc1)C(=O)NOCc1ccccc1)C(=O)Cn1cncn1. The first kappa shape index (κ1) is 34.2. The van der Waals surface area contributed by atoms with Crippen LogP contribution in [-0.2, 0) is 32.4 Å². The summed E-state index contributed by atoms with van der Waals surface area (Å²) in [6.07, 6.45) is 9.13. The Labute approximate surface area is 260 Å². The Morgan fingerprint density at radius 1 is 0.955 bits per heavy atom. The average Bonchev–Trinajstić information content (AvgIpc) is 3.54. The van der Waals surface area contributed by atoms with E-state index in [4.69, 9.17) is 4.84 Å². The minimum absolute atomic E-state index is 0.0632. The van der Waals surface area contributed by atoms with Gasteiger partial charge in [0.15, 0.2) is 0 Å². The summed E-state index contributed by atoms with van der Waals surface area (Å²) < 4.78 is 1.43. The molecule has 44 heavy (non-hydrogen) atoms. The van der Waals surface area contributed by atoms with Crippen LogP contribution in [0.5, 0.6) is 0 Å². The topological polar surface area (TPSA) is 118 Å². The predicted octanol–water partition coefficient (Wildman–Crippen LogP) is 5.20. The maximum Gasteiger partial charge on any atom is 0.262 e. The molecule has 2 aromatic carbocycles. The van der Waals surface area contributed by atoms with Gasteiger partial charge in [-0.05, 0) is 35.8 Å². The molecular formula is C34H46N6O4. The van der Waals surface area contributed by atoms with E-state index in [1.54, 1.807) is 0 Å². The third kappa shape index (κ3) is 11.4. The summed E-state index contributed by atoms with van der Waals surface area (Å²) in [4.78, 5) is 50.6. The number of allylic oxidation sites excluding steroid dienone is 1. The van der Waals surface area contributed by atoms with Crippen LogP contribution in [0.15, 0.2) is 79.4 Å². The molecule has 0 aliphatic rings. The van der Waals surface area contributed by atoms with Gasteiger partial charge < -0.3 is 0 Å². The van der Waals surface area contributed by atoms with Gasteiger partial charge in [0.2, 0.25) is 11.8 Å². The summed E-state index contributed by atoms with van der Waals surface area (Å²) in [5, 5.41) is 5.43. The second-order valence-corrected chi connectivity index (χ2v) is 11.4. The van der Waals surface area contributed by atoms with Gasteiger partial charge in [0, 0.05) is 6.54 Å². The second kappa shape index (κ2) is 18.4. The van der Waals surface area contributed by atoms with Gasteiger partial charge in [-0.2, -0.15) is 5.10 Å². The molecule has 0 bridgehead atoms. The molecule has 3 aromatic rings. The van der Waals surface area contributed by atoms with Gasteiger partial charge in [0.05, 0.1) is 18.4 Å². The maximum absolute atomic E-state index is 14.0. The van der Waals surface area contributed by atoms with E-state index in [0.717, 1.165) is 24.0 Å². The van der Waals surface area contributed by atoms with E-state index < -0.39 is 11.8 Å². The van der Waals surface area contributed by atoms with Gasteiger partial charge in [0.1, 0.15) is 19.2 Å². The van der Waals surface area contributed by atoms with Crippen LogP contribution in [0.1, 0.15) is 64.5 Å². The molecule has 2 atom stereocenters. The summed E-state index contributed by atoms with van der Waals surface area (Å²) in [6, 6.07) is 19.3. The number of aromatic nitrogens is 3. The molecule has 3 rings (SSSR count). The van der Waals surface area contributed by atoms with Crippen molar-refractivity contribution in [3.63, 3.8) is 0 Å². The third-order valence-electron chi connectivity index (χ3n) is 7.54. The highest BCUT2D eigenvalue weighted by Crippen LogP contribution is 2.26. The van der Waals surface area contributed by atoms with Crippen LogP contribution in [0.25, 0.3) is 6.08 Å². The van der Waals surface area contributed by atoms with Gasteiger partial charge in [-0.25, -0.2) is 15.1 Å². The lowest BCUT2D eigenvalue weighted by atomic mass is 9.82. The van der Waals surface area contributed by atoms with Crippen LogP contribution in [0.3, 0.4) is 0 Å². The van der Waals surface area contributed by atoms with E-state index >= 15 is 0 Å². The van der Waals surface area contributed by atoms with Gasteiger partial charge in [-0.3, -0.25) is 29.7 Å². The summed E-state index contributed by atoms with van der Waals surface area (Å²) >= 11 is 0. The molecule has 1 heterocycles. The van der Waals surface area contributed by atoms with Gasteiger partial charge in [0.25, 0.3) is 5.91 Å². The fourth-order valence-electron chi connectivity index (χ4n) is 4.94. The van der Waals surface area contributed by atoms with E-state index in [-0.39, 0.29) is 42.7 Å². The zero-order valence-electron chi connectivity index (χ0n) is 26.3. The molecule has 2 N–H and O–H groups in total. The number of hydrogen-bond donors (Lipinski definition) is 2.